The maximum atomic E-state index is 12.6. The third-order valence-electron chi connectivity index (χ3n) is 4.63. The highest BCUT2D eigenvalue weighted by atomic mass is 32.2. The highest BCUT2D eigenvalue weighted by Crippen LogP contribution is 2.24. The second kappa shape index (κ2) is 5.12. The minimum absolute atomic E-state index is 0.0692. The van der Waals surface area contributed by atoms with Gasteiger partial charge in [-0.3, -0.25) is 4.79 Å². The van der Waals surface area contributed by atoms with Gasteiger partial charge in [-0.2, -0.15) is 0 Å². The van der Waals surface area contributed by atoms with Crippen molar-refractivity contribution in [3.8, 4) is 0 Å². The molecule has 1 saturated heterocycles. The average molecular weight is 320 g/mol. The number of rotatable bonds is 2. The predicted molar refractivity (Wildman–Crippen MR) is 86.9 cm³/mol. The minimum atomic E-state index is -2.99. The van der Waals surface area contributed by atoms with E-state index in [-0.39, 0.29) is 23.5 Å². The molecule has 118 valence electrons. The molecule has 1 aliphatic rings. The van der Waals surface area contributed by atoms with Crippen molar-refractivity contribution in [3.63, 3.8) is 0 Å². The molecule has 1 fully saturated rings. The van der Waals surface area contributed by atoms with Crippen molar-refractivity contribution in [3.05, 3.63) is 35.0 Å². The highest BCUT2D eigenvalue weighted by Gasteiger charge is 2.33. The largest absolute Gasteiger partial charge is 0.358 e. The summed E-state index contributed by atoms with van der Waals surface area (Å²) >= 11 is 0. The maximum Gasteiger partial charge on any atom is 0.253 e. The van der Waals surface area contributed by atoms with Gasteiger partial charge in [0.1, 0.15) is 0 Å². The number of hydrogen-bond donors (Lipinski definition) is 1. The van der Waals surface area contributed by atoms with E-state index in [1.807, 2.05) is 26.0 Å². The number of carbonyl (C=O) groups is 1. The van der Waals surface area contributed by atoms with Crippen LogP contribution in [-0.2, 0) is 9.84 Å². The van der Waals surface area contributed by atoms with Gasteiger partial charge in [0.15, 0.2) is 9.84 Å². The molecule has 2 heterocycles. The molecule has 1 atom stereocenters. The molecule has 1 amide bonds. The fraction of sp³-hybridized carbons (Fsp3) is 0.438. The van der Waals surface area contributed by atoms with Crippen LogP contribution in [0.2, 0.25) is 0 Å². The molecule has 5 nitrogen and oxygen atoms in total. The van der Waals surface area contributed by atoms with Crippen molar-refractivity contribution >= 4 is 26.6 Å². The lowest BCUT2D eigenvalue weighted by molar-refractivity contribution is 0.0748. The molecule has 1 aliphatic heterocycles. The van der Waals surface area contributed by atoms with Crippen LogP contribution < -0.4 is 0 Å². The van der Waals surface area contributed by atoms with Gasteiger partial charge in [0.25, 0.3) is 5.91 Å². The molecule has 1 unspecified atom stereocenters. The number of H-pyrrole nitrogens is 1. The predicted octanol–water partition coefficient (Wildman–Crippen LogP) is 2.04. The van der Waals surface area contributed by atoms with Crippen LogP contribution in [0.1, 0.15) is 28.0 Å². The van der Waals surface area contributed by atoms with E-state index in [4.69, 9.17) is 0 Å². The number of hydrogen-bond acceptors (Lipinski definition) is 3. The first-order valence-corrected chi connectivity index (χ1v) is 9.17. The molecule has 1 aromatic heterocycles. The van der Waals surface area contributed by atoms with Crippen molar-refractivity contribution in [2.45, 2.75) is 26.3 Å². The molecule has 0 bridgehead atoms. The fourth-order valence-electron chi connectivity index (χ4n) is 3.04. The molecular formula is C16H20N2O3S. The van der Waals surface area contributed by atoms with Crippen molar-refractivity contribution < 1.29 is 13.2 Å². The molecule has 6 heteroatoms. The number of amides is 1. The van der Waals surface area contributed by atoms with E-state index in [1.54, 1.807) is 18.0 Å². The Balaban J connectivity index is 1.90. The fourth-order valence-corrected chi connectivity index (χ4v) is 4.82. The first kappa shape index (κ1) is 15.1. The van der Waals surface area contributed by atoms with E-state index in [1.165, 1.54) is 0 Å². The van der Waals surface area contributed by atoms with Crippen LogP contribution in [0.4, 0.5) is 0 Å². The highest BCUT2D eigenvalue weighted by molar-refractivity contribution is 7.91. The number of aromatic nitrogens is 1. The van der Waals surface area contributed by atoms with E-state index in [0.29, 0.717) is 12.0 Å². The molecule has 0 aliphatic carbocycles. The summed E-state index contributed by atoms with van der Waals surface area (Å²) in [5, 5.41) is 1.04. The molecule has 1 N–H and O–H groups in total. The third kappa shape index (κ3) is 2.52. The molecule has 0 radical (unpaired) electrons. The first-order valence-electron chi connectivity index (χ1n) is 7.35. The second-order valence-electron chi connectivity index (χ2n) is 6.11. The molecule has 2 aromatic rings. The number of fused-ring (bicyclic) bond motifs is 1. The Kier molecular flexibility index (Phi) is 3.51. The SMILES string of the molecule is Cc1[nH]c2ccc(C(=O)N(C)C3CCS(=O)(=O)C3)cc2c1C. The van der Waals surface area contributed by atoms with Crippen LogP contribution in [0.5, 0.6) is 0 Å². The van der Waals surface area contributed by atoms with E-state index in [9.17, 15) is 13.2 Å². The number of aryl methyl sites for hydroxylation is 2. The Morgan fingerprint density at radius 1 is 1.32 bits per heavy atom. The normalized spacial score (nSPS) is 20.4. The number of nitrogens with one attached hydrogen (secondary N) is 1. The Hall–Kier alpha value is -1.82. The van der Waals surface area contributed by atoms with Gasteiger partial charge in [0.05, 0.1) is 11.5 Å². The van der Waals surface area contributed by atoms with E-state index >= 15 is 0 Å². The lowest BCUT2D eigenvalue weighted by atomic mass is 10.1. The zero-order chi connectivity index (χ0) is 16.1. The van der Waals surface area contributed by atoms with Crippen LogP contribution in [0.3, 0.4) is 0 Å². The molecule has 22 heavy (non-hydrogen) atoms. The lowest BCUT2D eigenvalue weighted by Crippen LogP contribution is -2.37. The van der Waals surface area contributed by atoms with Crippen molar-refractivity contribution in [2.75, 3.05) is 18.6 Å². The number of benzene rings is 1. The van der Waals surface area contributed by atoms with Gasteiger partial charge >= 0.3 is 0 Å². The van der Waals surface area contributed by atoms with Gasteiger partial charge in [0.2, 0.25) is 0 Å². The summed E-state index contributed by atoms with van der Waals surface area (Å²) in [6.45, 7) is 4.03. The number of nitrogens with zero attached hydrogens (tertiary/aromatic N) is 1. The lowest BCUT2D eigenvalue weighted by Gasteiger charge is -2.23. The first-order chi connectivity index (χ1) is 10.3. The zero-order valence-corrected chi connectivity index (χ0v) is 13.8. The Bertz CT molecular complexity index is 852. The average Bonchev–Trinajstić information content (AvgIpc) is 2.98. The monoisotopic (exact) mass is 320 g/mol. The van der Waals surface area contributed by atoms with Gasteiger partial charge < -0.3 is 9.88 Å². The zero-order valence-electron chi connectivity index (χ0n) is 13.0. The summed E-state index contributed by atoms with van der Waals surface area (Å²) in [6.07, 6.45) is 0.523. The molecule has 1 aromatic carbocycles. The maximum absolute atomic E-state index is 12.6. The Labute approximate surface area is 130 Å². The van der Waals surface area contributed by atoms with Gasteiger partial charge in [-0.05, 0) is 44.0 Å². The smallest absolute Gasteiger partial charge is 0.253 e. The van der Waals surface area contributed by atoms with Gasteiger partial charge in [-0.1, -0.05) is 0 Å². The van der Waals surface area contributed by atoms with E-state index < -0.39 is 9.84 Å². The Morgan fingerprint density at radius 3 is 2.68 bits per heavy atom. The van der Waals surface area contributed by atoms with Crippen LogP contribution in [0.15, 0.2) is 18.2 Å². The van der Waals surface area contributed by atoms with Crippen molar-refractivity contribution in [2.24, 2.45) is 0 Å². The topological polar surface area (TPSA) is 70.2 Å². The summed E-state index contributed by atoms with van der Waals surface area (Å²) in [6, 6.07) is 5.36. The van der Waals surface area contributed by atoms with Gasteiger partial charge in [0, 0.05) is 35.2 Å². The van der Waals surface area contributed by atoms with Crippen molar-refractivity contribution in [1.82, 2.24) is 9.88 Å². The molecule has 0 spiro atoms. The summed E-state index contributed by atoms with van der Waals surface area (Å²) in [5.41, 5.74) is 3.84. The number of sulfone groups is 1. The molecule has 3 rings (SSSR count). The summed E-state index contributed by atoms with van der Waals surface area (Å²) < 4.78 is 23.2. The van der Waals surface area contributed by atoms with Gasteiger partial charge in [-0.15, -0.1) is 0 Å². The standard InChI is InChI=1S/C16H20N2O3S/c1-10-11(2)17-15-5-4-12(8-14(10)15)16(19)18(3)13-6-7-22(20,21)9-13/h4-5,8,13,17H,6-7,9H2,1-3H3. The third-order valence-corrected chi connectivity index (χ3v) is 6.38. The second-order valence-corrected chi connectivity index (χ2v) is 8.34. The van der Waals surface area contributed by atoms with E-state index in [0.717, 1.165) is 22.2 Å². The summed E-state index contributed by atoms with van der Waals surface area (Å²) in [4.78, 5) is 17.5. The van der Waals surface area contributed by atoms with Crippen LogP contribution in [-0.4, -0.2) is 48.8 Å². The Morgan fingerprint density at radius 2 is 2.05 bits per heavy atom. The van der Waals surface area contributed by atoms with Crippen molar-refractivity contribution in [1.29, 1.82) is 0 Å². The van der Waals surface area contributed by atoms with Crippen LogP contribution in [0.25, 0.3) is 10.9 Å². The quantitative estimate of drug-likeness (QED) is 0.920. The summed E-state index contributed by atoms with van der Waals surface area (Å²) in [5.74, 6) is 0.117. The molecule has 0 saturated carbocycles. The van der Waals surface area contributed by atoms with Crippen LogP contribution >= 0.6 is 0 Å². The number of aromatic amines is 1. The number of carbonyl (C=O) groups excluding carboxylic acids is 1. The van der Waals surface area contributed by atoms with E-state index in [2.05, 4.69) is 4.98 Å². The molecular weight excluding hydrogens is 300 g/mol. The van der Waals surface area contributed by atoms with Crippen LogP contribution in [0, 0.1) is 13.8 Å². The minimum Gasteiger partial charge on any atom is -0.358 e. The van der Waals surface area contributed by atoms with Gasteiger partial charge in [-0.25, -0.2) is 8.42 Å². The summed E-state index contributed by atoms with van der Waals surface area (Å²) in [7, 11) is -1.31.